The summed E-state index contributed by atoms with van der Waals surface area (Å²) in [6, 6.07) is 65.2. The first kappa shape index (κ1) is 31.5. The van der Waals surface area contributed by atoms with Crippen LogP contribution in [-0.4, -0.2) is 0 Å². The molecule has 2 heterocycles. The Bertz CT molecular complexity index is 3070. The van der Waals surface area contributed by atoms with E-state index in [0.717, 1.165) is 17.1 Å². The van der Waals surface area contributed by atoms with Crippen molar-refractivity contribution >= 4 is 80.1 Å². The lowest BCUT2D eigenvalue weighted by atomic mass is 9.81. The Hall–Kier alpha value is -6.00. The molecule has 0 spiro atoms. The quantitative estimate of drug-likeness (QED) is 0.171. The molecule has 1 nitrogen and oxygen atoms in total. The van der Waals surface area contributed by atoms with Crippen LogP contribution >= 0.6 is 22.7 Å². The number of fused-ring (bicyclic) bond motifs is 9. The second kappa shape index (κ2) is 12.0. The highest BCUT2D eigenvalue weighted by Crippen LogP contribution is 2.50. The fourth-order valence-electron chi connectivity index (χ4n) is 8.76. The lowest BCUT2D eigenvalue weighted by molar-refractivity contribution is 0.660. The van der Waals surface area contributed by atoms with Crippen LogP contribution in [0.4, 0.5) is 17.1 Å². The van der Waals surface area contributed by atoms with E-state index >= 15 is 0 Å². The van der Waals surface area contributed by atoms with E-state index < -0.39 is 0 Å². The Morgan fingerprint density at radius 2 is 0.981 bits per heavy atom. The molecule has 0 saturated carbocycles. The van der Waals surface area contributed by atoms with Crippen molar-refractivity contribution in [2.75, 3.05) is 4.90 Å². The van der Waals surface area contributed by atoms with Crippen LogP contribution in [0, 0.1) is 0 Å². The third kappa shape index (κ3) is 4.82. The molecule has 0 atom stereocenters. The average Bonchev–Trinajstić information content (AvgIpc) is 3.86. The molecule has 0 unspecified atom stereocenters. The molecule has 256 valence electrons. The third-order valence-corrected chi connectivity index (χ3v) is 13.9. The van der Waals surface area contributed by atoms with E-state index in [4.69, 9.17) is 0 Å². The standard InChI is InChI=1S/C51H35NS2/c1-51(2)45-17-8-6-13-39(45)40-26-21-33(30-46(40)51)32-19-23-36(24-20-32)52(35-11-4-3-5-12-35)37-25-28-49-44(31-37)43-29-34(22-27-48(43)53-49)38-15-10-16-42-41-14-7-9-18-47(41)54-50(38)42/h3-31H,1-2H3. The van der Waals surface area contributed by atoms with E-state index in [2.05, 4.69) is 195 Å². The molecule has 10 aromatic rings. The summed E-state index contributed by atoms with van der Waals surface area (Å²) >= 11 is 3.77. The minimum Gasteiger partial charge on any atom is -0.310 e. The molecule has 0 fully saturated rings. The summed E-state index contributed by atoms with van der Waals surface area (Å²) in [6.07, 6.45) is 0. The van der Waals surface area contributed by atoms with Gasteiger partial charge < -0.3 is 4.90 Å². The van der Waals surface area contributed by atoms with Crippen molar-refractivity contribution in [3.8, 4) is 33.4 Å². The maximum absolute atomic E-state index is 2.41. The van der Waals surface area contributed by atoms with Gasteiger partial charge in [-0.05, 0) is 111 Å². The summed E-state index contributed by atoms with van der Waals surface area (Å²) in [6.45, 7) is 4.70. The number of hydrogen-bond donors (Lipinski definition) is 0. The SMILES string of the molecule is CC1(C)c2ccccc2-c2ccc(-c3ccc(N(c4ccccc4)c4ccc5sc6ccc(-c7cccc8c7sc7ccccc78)cc6c5c4)cc3)cc21. The molecule has 8 aromatic carbocycles. The first-order valence-electron chi connectivity index (χ1n) is 18.6. The molecule has 0 N–H and O–H groups in total. The van der Waals surface area contributed by atoms with Gasteiger partial charge in [0.15, 0.2) is 0 Å². The predicted octanol–water partition coefficient (Wildman–Crippen LogP) is 15.5. The van der Waals surface area contributed by atoms with Gasteiger partial charge >= 0.3 is 0 Å². The van der Waals surface area contributed by atoms with Gasteiger partial charge in [0.05, 0.1) is 0 Å². The van der Waals surface area contributed by atoms with Crippen LogP contribution in [0.15, 0.2) is 176 Å². The van der Waals surface area contributed by atoms with Crippen molar-refractivity contribution in [3.63, 3.8) is 0 Å². The smallest absolute Gasteiger partial charge is 0.0468 e. The van der Waals surface area contributed by atoms with Gasteiger partial charge in [0.2, 0.25) is 0 Å². The highest BCUT2D eigenvalue weighted by molar-refractivity contribution is 7.26. The number of nitrogens with zero attached hydrogens (tertiary/aromatic N) is 1. The average molecular weight is 726 g/mol. The summed E-state index contributed by atoms with van der Waals surface area (Å²) in [7, 11) is 0. The largest absolute Gasteiger partial charge is 0.310 e. The summed E-state index contributed by atoms with van der Waals surface area (Å²) in [5.41, 5.74) is 14.0. The van der Waals surface area contributed by atoms with Gasteiger partial charge in [0, 0.05) is 62.8 Å². The molecule has 54 heavy (non-hydrogen) atoms. The Balaban J connectivity index is 0.998. The van der Waals surface area contributed by atoms with Gasteiger partial charge in [-0.15, -0.1) is 22.7 Å². The van der Waals surface area contributed by atoms with E-state index in [1.807, 2.05) is 22.7 Å². The van der Waals surface area contributed by atoms with Crippen molar-refractivity contribution in [1.29, 1.82) is 0 Å². The Labute approximate surface area is 323 Å². The van der Waals surface area contributed by atoms with Gasteiger partial charge in [-0.25, -0.2) is 0 Å². The van der Waals surface area contributed by atoms with Crippen LogP contribution in [0.1, 0.15) is 25.0 Å². The fraction of sp³-hybridized carbons (Fsp3) is 0.0588. The maximum Gasteiger partial charge on any atom is 0.0468 e. The molecular weight excluding hydrogens is 691 g/mol. The molecule has 1 aliphatic carbocycles. The molecule has 2 aromatic heterocycles. The Morgan fingerprint density at radius 1 is 0.370 bits per heavy atom. The number of anilines is 3. The molecule has 0 aliphatic heterocycles. The summed E-state index contributed by atoms with van der Waals surface area (Å²) in [4.78, 5) is 2.39. The third-order valence-electron chi connectivity index (χ3n) is 11.5. The van der Waals surface area contributed by atoms with Gasteiger partial charge in [-0.2, -0.15) is 0 Å². The predicted molar refractivity (Wildman–Crippen MR) is 235 cm³/mol. The van der Waals surface area contributed by atoms with Crippen molar-refractivity contribution in [3.05, 3.63) is 187 Å². The van der Waals surface area contributed by atoms with E-state index in [-0.39, 0.29) is 5.41 Å². The Morgan fingerprint density at radius 3 is 1.85 bits per heavy atom. The maximum atomic E-state index is 2.41. The molecule has 0 amide bonds. The van der Waals surface area contributed by atoms with Crippen molar-refractivity contribution in [1.82, 2.24) is 0 Å². The molecule has 0 bridgehead atoms. The van der Waals surface area contributed by atoms with Crippen LogP contribution in [0.2, 0.25) is 0 Å². The van der Waals surface area contributed by atoms with E-state index in [9.17, 15) is 0 Å². The second-order valence-electron chi connectivity index (χ2n) is 14.9. The number of benzene rings is 8. The zero-order valence-electron chi connectivity index (χ0n) is 30.0. The lowest BCUT2D eigenvalue weighted by Gasteiger charge is -2.26. The highest BCUT2D eigenvalue weighted by atomic mass is 32.1. The number of thiophene rings is 2. The van der Waals surface area contributed by atoms with Crippen LogP contribution in [0.25, 0.3) is 73.7 Å². The molecule has 0 radical (unpaired) electrons. The normalized spacial score (nSPS) is 13.1. The number of rotatable bonds is 5. The summed E-state index contributed by atoms with van der Waals surface area (Å²) < 4.78 is 5.30. The first-order valence-corrected chi connectivity index (χ1v) is 20.2. The minimum atomic E-state index is -0.0246. The second-order valence-corrected chi connectivity index (χ2v) is 17.1. The lowest BCUT2D eigenvalue weighted by Crippen LogP contribution is -2.14. The highest BCUT2D eigenvalue weighted by Gasteiger charge is 2.35. The molecule has 1 aliphatic rings. The molecule has 0 saturated heterocycles. The van der Waals surface area contributed by atoms with Crippen LogP contribution in [0.3, 0.4) is 0 Å². The minimum absolute atomic E-state index is 0.0246. The monoisotopic (exact) mass is 725 g/mol. The topological polar surface area (TPSA) is 3.24 Å². The van der Waals surface area contributed by atoms with Gasteiger partial charge in [0.25, 0.3) is 0 Å². The van der Waals surface area contributed by atoms with Gasteiger partial charge in [-0.1, -0.05) is 123 Å². The zero-order valence-corrected chi connectivity index (χ0v) is 31.6. The summed E-state index contributed by atoms with van der Waals surface area (Å²) in [5, 5.41) is 5.26. The van der Waals surface area contributed by atoms with Crippen LogP contribution in [-0.2, 0) is 5.41 Å². The van der Waals surface area contributed by atoms with Gasteiger partial charge in [0.1, 0.15) is 0 Å². The van der Waals surface area contributed by atoms with Crippen LogP contribution < -0.4 is 4.90 Å². The first-order chi connectivity index (χ1) is 26.5. The van der Waals surface area contributed by atoms with Gasteiger partial charge in [-0.3, -0.25) is 0 Å². The van der Waals surface area contributed by atoms with E-state index in [0.29, 0.717) is 0 Å². The van der Waals surface area contributed by atoms with E-state index in [1.165, 1.54) is 84.9 Å². The fourth-order valence-corrected chi connectivity index (χ4v) is 11.1. The molecule has 11 rings (SSSR count). The van der Waals surface area contributed by atoms with Crippen LogP contribution in [0.5, 0.6) is 0 Å². The summed E-state index contributed by atoms with van der Waals surface area (Å²) in [5.74, 6) is 0. The van der Waals surface area contributed by atoms with Crippen molar-refractivity contribution in [2.45, 2.75) is 19.3 Å². The van der Waals surface area contributed by atoms with E-state index in [1.54, 1.807) is 0 Å². The Kier molecular flexibility index (Phi) is 7.01. The zero-order chi connectivity index (χ0) is 36.0. The van der Waals surface area contributed by atoms with Crippen molar-refractivity contribution < 1.29 is 0 Å². The number of hydrogen-bond acceptors (Lipinski definition) is 3. The van der Waals surface area contributed by atoms with Crippen molar-refractivity contribution in [2.24, 2.45) is 0 Å². The molecular formula is C51H35NS2. The number of para-hydroxylation sites is 1. The molecule has 3 heteroatoms.